The standard InChI is InChI=1S/C6H6BrN3O.ClH/c7-5-3-1-2-4(9-5)6(11)10-8;/h1-3H,8H2,(H,10,11);1H. The van der Waals surface area contributed by atoms with Gasteiger partial charge in [0.1, 0.15) is 10.3 Å². The van der Waals surface area contributed by atoms with Crippen molar-refractivity contribution >= 4 is 34.2 Å². The molecule has 0 aliphatic rings. The van der Waals surface area contributed by atoms with Crippen LogP contribution in [0, 0.1) is 0 Å². The summed E-state index contributed by atoms with van der Waals surface area (Å²) in [6, 6.07) is 5.02. The van der Waals surface area contributed by atoms with Crippen LogP contribution in [-0.4, -0.2) is 10.9 Å². The van der Waals surface area contributed by atoms with Gasteiger partial charge in [-0.1, -0.05) is 6.07 Å². The van der Waals surface area contributed by atoms with Gasteiger partial charge in [-0.05, 0) is 28.1 Å². The highest BCUT2D eigenvalue weighted by Crippen LogP contribution is 2.05. The van der Waals surface area contributed by atoms with E-state index in [2.05, 4.69) is 20.9 Å². The number of hydrogen-bond donors (Lipinski definition) is 2. The predicted molar refractivity (Wildman–Crippen MR) is 50.8 cm³/mol. The Bertz CT molecular complexity index is 281. The minimum Gasteiger partial charge on any atom is -0.289 e. The average molecular weight is 252 g/mol. The number of pyridine rings is 1. The minimum atomic E-state index is -0.397. The number of nitrogens with two attached hydrogens (primary N) is 1. The molecule has 0 unspecified atom stereocenters. The molecule has 0 aliphatic heterocycles. The first-order valence-corrected chi connectivity index (χ1v) is 3.67. The maximum atomic E-state index is 10.8. The third-order valence-electron chi connectivity index (χ3n) is 1.08. The number of nitrogen functional groups attached to an aromatic ring is 1. The molecule has 1 aromatic rings. The van der Waals surface area contributed by atoms with Crippen LogP contribution >= 0.6 is 28.3 Å². The Morgan fingerprint density at radius 3 is 2.75 bits per heavy atom. The van der Waals surface area contributed by atoms with Crippen LogP contribution in [0.3, 0.4) is 0 Å². The Hall–Kier alpha value is -0.650. The number of halogens is 2. The molecule has 6 heteroatoms. The highest BCUT2D eigenvalue weighted by Gasteiger charge is 2.03. The third-order valence-corrected chi connectivity index (χ3v) is 1.52. The number of hydrogen-bond acceptors (Lipinski definition) is 3. The summed E-state index contributed by atoms with van der Waals surface area (Å²) < 4.78 is 0.610. The largest absolute Gasteiger partial charge is 0.289 e. The number of aromatic nitrogens is 1. The van der Waals surface area contributed by atoms with E-state index in [1.807, 2.05) is 5.43 Å². The van der Waals surface area contributed by atoms with E-state index >= 15 is 0 Å². The third kappa shape index (κ3) is 2.77. The van der Waals surface area contributed by atoms with Crippen molar-refractivity contribution in [3.8, 4) is 0 Å². The number of amides is 1. The van der Waals surface area contributed by atoms with Crippen LogP contribution in [0.1, 0.15) is 10.5 Å². The van der Waals surface area contributed by atoms with Crippen LogP contribution in [0.5, 0.6) is 0 Å². The molecule has 66 valence electrons. The van der Waals surface area contributed by atoms with Gasteiger partial charge in [0, 0.05) is 0 Å². The summed E-state index contributed by atoms with van der Waals surface area (Å²) in [6.07, 6.45) is 0. The fourth-order valence-electron chi connectivity index (χ4n) is 0.609. The lowest BCUT2D eigenvalue weighted by Gasteiger charge is -1.97. The second-order valence-electron chi connectivity index (χ2n) is 1.82. The molecule has 0 radical (unpaired) electrons. The van der Waals surface area contributed by atoms with E-state index in [1.54, 1.807) is 18.2 Å². The topological polar surface area (TPSA) is 68.0 Å². The molecular formula is C6H7BrClN3O. The van der Waals surface area contributed by atoms with Crippen molar-refractivity contribution in [1.82, 2.24) is 10.4 Å². The molecule has 0 atom stereocenters. The summed E-state index contributed by atoms with van der Waals surface area (Å²) >= 11 is 3.13. The Kier molecular flexibility index (Phi) is 4.80. The van der Waals surface area contributed by atoms with Crippen LogP contribution in [0.4, 0.5) is 0 Å². The van der Waals surface area contributed by atoms with Gasteiger partial charge in [-0.3, -0.25) is 10.2 Å². The molecule has 0 aliphatic carbocycles. The van der Waals surface area contributed by atoms with Crippen LogP contribution < -0.4 is 11.3 Å². The van der Waals surface area contributed by atoms with E-state index in [1.165, 1.54) is 0 Å². The highest BCUT2D eigenvalue weighted by molar-refractivity contribution is 9.10. The Morgan fingerprint density at radius 2 is 2.25 bits per heavy atom. The average Bonchev–Trinajstić information content (AvgIpc) is 2.03. The number of rotatable bonds is 1. The lowest BCUT2D eigenvalue weighted by atomic mass is 10.3. The molecule has 0 saturated heterocycles. The molecule has 0 fully saturated rings. The van der Waals surface area contributed by atoms with Gasteiger partial charge in [-0.15, -0.1) is 12.4 Å². The Balaban J connectivity index is 0.00000121. The van der Waals surface area contributed by atoms with E-state index in [0.29, 0.717) is 10.3 Å². The van der Waals surface area contributed by atoms with E-state index in [0.717, 1.165) is 0 Å². The van der Waals surface area contributed by atoms with E-state index in [4.69, 9.17) is 5.84 Å². The van der Waals surface area contributed by atoms with Crippen molar-refractivity contribution in [2.45, 2.75) is 0 Å². The molecule has 1 heterocycles. The molecular weight excluding hydrogens is 245 g/mol. The predicted octanol–water partition coefficient (Wildman–Crippen LogP) is 0.869. The van der Waals surface area contributed by atoms with Gasteiger partial charge < -0.3 is 0 Å². The first-order chi connectivity index (χ1) is 5.24. The van der Waals surface area contributed by atoms with Gasteiger partial charge in [0.2, 0.25) is 0 Å². The Labute approximate surface area is 84.1 Å². The van der Waals surface area contributed by atoms with Gasteiger partial charge >= 0.3 is 0 Å². The molecule has 1 aromatic heterocycles. The number of carbonyl (C=O) groups is 1. The second-order valence-corrected chi connectivity index (χ2v) is 2.63. The van der Waals surface area contributed by atoms with Crippen LogP contribution in [0.2, 0.25) is 0 Å². The summed E-state index contributed by atoms with van der Waals surface area (Å²) in [5.74, 6) is 4.50. The number of nitrogens with one attached hydrogen (secondary N) is 1. The van der Waals surface area contributed by atoms with Crippen molar-refractivity contribution in [1.29, 1.82) is 0 Å². The number of carbonyl (C=O) groups excluding carboxylic acids is 1. The summed E-state index contributed by atoms with van der Waals surface area (Å²) in [7, 11) is 0. The smallest absolute Gasteiger partial charge is 0.283 e. The fourth-order valence-corrected chi connectivity index (χ4v) is 0.952. The summed E-state index contributed by atoms with van der Waals surface area (Å²) in [6.45, 7) is 0. The van der Waals surface area contributed by atoms with E-state index in [9.17, 15) is 4.79 Å². The molecule has 12 heavy (non-hydrogen) atoms. The van der Waals surface area contributed by atoms with Crippen molar-refractivity contribution in [2.75, 3.05) is 0 Å². The molecule has 0 aromatic carbocycles. The van der Waals surface area contributed by atoms with Crippen LogP contribution in [0.15, 0.2) is 22.8 Å². The quantitative estimate of drug-likeness (QED) is 0.337. The van der Waals surface area contributed by atoms with Gasteiger partial charge in [-0.2, -0.15) is 0 Å². The van der Waals surface area contributed by atoms with Gasteiger partial charge in [-0.25, -0.2) is 10.8 Å². The minimum absolute atomic E-state index is 0. The lowest BCUT2D eigenvalue weighted by Crippen LogP contribution is -2.30. The second kappa shape index (κ2) is 5.08. The van der Waals surface area contributed by atoms with E-state index < -0.39 is 5.91 Å². The van der Waals surface area contributed by atoms with Gasteiger partial charge in [0.15, 0.2) is 0 Å². The van der Waals surface area contributed by atoms with Crippen molar-refractivity contribution in [3.05, 3.63) is 28.5 Å². The maximum Gasteiger partial charge on any atom is 0.283 e. The molecule has 0 spiro atoms. The summed E-state index contributed by atoms with van der Waals surface area (Å²) in [5, 5.41) is 0. The zero-order valence-electron chi connectivity index (χ0n) is 5.95. The fraction of sp³-hybridized carbons (Fsp3) is 0. The lowest BCUT2D eigenvalue weighted by molar-refractivity contribution is 0.0948. The maximum absolute atomic E-state index is 10.8. The molecule has 0 bridgehead atoms. The van der Waals surface area contributed by atoms with Gasteiger partial charge in [0.25, 0.3) is 5.91 Å². The normalized spacial score (nSPS) is 8.50. The van der Waals surface area contributed by atoms with Crippen LogP contribution in [-0.2, 0) is 0 Å². The molecule has 3 N–H and O–H groups in total. The summed E-state index contributed by atoms with van der Waals surface area (Å²) in [4.78, 5) is 14.7. The van der Waals surface area contributed by atoms with E-state index in [-0.39, 0.29) is 12.4 Å². The number of nitrogens with zero attached hydrogens (tertiary/aromatic N) is 1. The SMILES string of the molecule is Cl.NNC(=O)c1cccc(Br)n1. The van der Waals surface area contributed by atoms with Crippen LogP contribution in [0.25, 0.3) is 0 Å². The van der Waals surface area contributed by atoms with Crippen molar-refractivity contribution in [2.24, 2.45) is 5.84 Å². The zero-order chi connectivity index (χ0) is 8.27. The first-order valence-electron chi connectivity index (χ1n) is 2.87. The highest BCUT2D eigenvalue weighted by atomic mass is 79.9. The zero-order valence-corrected chi connectivity index (χ0v) is 8.35. The molecule has 4 nitrogen and oxygen atoms in total. The monoisotopic (exact) mass is 251 g/mol. The van der Waals surface area contributed by atoms with Gasteiger partial charge in [0.05, 0.1) is 0 Å². The number of hydrazine groups is 1. The first kappa shape index (κ1) is 11.4. The molecule has 1 rings (SSSR count). The Morgan fingerprint density at radius 1 is 1.58 bits per heavy atom. The van der Waals surface area contributed by atoms with Crippen molar-refractivity contribution < 1.29 is 4.79 Å². The molecule has 1 amide bonds. The summed E-state index contributed by atoms with van der Waals surface area (Å²) in [5.41, 5.74) is 2.28. The molecule has 0 saturated carbocycles. The van der Waals surface area contributed by atoms with Crippen molar-refractivity contribution in [3.63, 3.8) is 0 Å².